The van der Waals surface area contributed by atoms with Gasteiger partial charge < -0.3 is 5.32 Å². The number of rotatable bonds is 4. The molecule has 1 saturated carbocycles. The van der Waals surface area contributed by atoms with Gasteiger partial charge in [-0.25, -0.2) is 0 Å². The summed E-state index contributed by atoms with van der Waals surface area (Å²) in [6.07, 6.45) is -0.313. The number of halogens is 3. The largest absolute Gasteiger partial charge is 0.416 e. The van der Waals surface area contributed by atoms with Crippen molar-refractivity contribution in [1.29, 1.82) is 0 Å². The predicted octanol–water partition coefficient (Wildman–Crippen LogP) is 4.48. The smallest absolute Gasteiger partial charge is 0.350 e. The molecule has 0 amide bonds. The summed E-state index contributed by atoms with van der Waals surface area (Å²) in [5.74, 6) is 1.42. The second kappa shape index (κ2) is 6.33. The van der Waals surface area contributed by atoms with Crippen LogP contribution in [0, 0.1) is 5.92 Å². The highest BCUT2D eigenvalue weighted by molar-refractivity contribution is 5.82. The molecular formula is C16H19F3N2. The van der Waals surface area contributed by atoms with Crippen molar-refractivity contribution >= 4 is 11.4 Å². The highest BCUT2D eigenvalue weighted by Gasteiger charge is 2.33. The maximum absolute atomic E-state index is 13.0. The van der Waals surface area contributed by atoms with Crippen LogP contribution in [0.25, 0.3) is 5.57 Å². The second-order valence-corrected chi connectivity index (χ2v) is 5.38. The van der Waals surface area contributed by atoms with Crippen LogP contribution in [-0.2, 0) is 6.18 Å². The third kappa shape index (κ3) is 4.62. The van der Waals surface area contributed by atoms with Gasteiger partial charge in [-0.05, 0) is 49.8 Å². The van der Waals surface area contributed by atoms with E-state index < -0.39 is 11.7 Å². The number of amidine groups is 1. The normalized spacial score (nSPS) is 17.0. The third-order valence-electron chi connectivity index (χ3n) is 3.44. The van der Waals surface area contributed by atoms with Crippen LogP contribution in [0.1, 0.15) is 37.8 Å². The first-order valence-electron chi connectivity index (χ1n) is 6.99. The number of aliphatic imine (C=N–C) groups is 1. The molecule has 0 atom stereocenters. The van der Waals surface area contributed by atoms with E-state index in [1.54, 1.807) is 19.2 Å². The Morgan fingerprint density at radius 2 is 1.95 bits per heavy atom. The molecule has 2 nitrogen and oxygen atoms in total. The molecule has 0 saturated heterocycles. The lowest BCUT2D eigenvalue weighted by Crippen LogP contribution is -2.15. The number of allylic oxidation sites excluding steroid dienone is 1. The number of nitrogens with one attached hydrogen (secondary N) is 1. The van der Waals surface area contributed by atoms with Crippen molar-refractivity contribution < 1.29 is 13.2 Å². The fourth-order valence-electron chi connectivity index (χ4n) is 1.98. The lowest BCUT2D eigenvalue weighted by atomic mass is 10.0. The molecule has 2 rings (SSSR count). The van der Waals surface area contributed by atoms with Crippen LogP contribution in [-0.4, -0.2) is 12.4 Å². The molecule has 0 spiro atoms. The van der Waals surface area contributed by atoms with Crippen LogP contribution in [0.5, 0.6) is 0 Å². The van der Waals surface area contributed by atoms with E-state index in [0.717, 1.165) is 18.4 Å². The van der Waals surface area contributed by atoms with Gasteiger partial charge >= 0.3 is 6.18 Å². The Balaban J connectivity index is 2.10. The van der Waals surface area contributed by atoms with Crippen LogP contribution in [0.15, 0.2) is 35.5 Å². The number of benzene rings is 1. The molecule has 0 aliphatic heterocycles. The summed E-state index contributed by atoms with van der Waals surface area (Å²) in [5, 5.41) is 2.96. The zero-order valence-corrected chi connectivity index (χ0v) is 12.2. The molecular weight excluding hydrogens is 277 g/mol. The summed E-state index contributed by atoms with van der Waals surface area (Å²) in [5.41, 5.74) is 0.101. The topological polar surface area (TPSA) is 24.4 Å². The molecule has 0 aromatic heterocycles. The van der Waals surface area contributed by atoms with Crippen molar-refractivity contribution in [3.05, 3.63) is 41.6 Å². The maximum Gasteiger partial charge on any atom is 0.416 e. The minimum Gasteiger partial charge on any atom is -0.350 e. The second-order valence-electron chi connectivity index (χ2n) is 5.38. The first kappa shape index (κ1) is 15.6. The number of hydrogen-bond donors (Lipinski definition) is 1. The van der Waals surface area contributed by atoms with E-state index in [-0.39, 0.29) is 5.56 Å². The van der Waals surface area contributed by atoms with Crippen molar-refractivity contribution in [2.24, 2.45) is 10.9 Å². The van der Waals surface area contributed by atoms with Gasteiger partial charge in [-0.2, -0.15) is 13.2 Å². The number of hydrogen-bond acceptors (Lipinski definition) is 1. The zero-order valence-electron chi connectivity index (χ0n) is 12.2. The van der Waals surface area contributed by atoms with E-state index in [1.165, 1.54) is 25.0 Å². The van der Waals surface area contributed by atoms with Crippen molar-refractivity contribution in [1.82, 2.24) is 5.32 Å². The minimum absolute atomic E-state index is 0.187. The van der Waals surface area contributed by atoms with Crippen LogP contribution < -0.4 is 5.32 Å². The van der Waals surface area contributed by atoms with Gasteiger partial charge in [-0.15, -0.1) is 0 Å². The van der Waals surface area contributed by atoms with E-state index in [2.05, 4.69) is 10.3 Å². The Hall–Kier alpha value is -1.78. The van der Waals surface area contributed by atoms with Gasteiger partial charge in [0.25, 0.3) is 0 Å². The summed E-state index contributed by atoms with van der Waals surface area (Å²) in [4.78, 5) is 4.36. The average Bonchev–Trinajstić information content (AvgIpc) is 3.25. The molecule has 1 aliphatic rings. The number of alkyl halides is 3. The Kier molecular flexibility index (Phi) is 4.70. The standard InChI is InChI=1S/C16H19F3N2/c1-11(9-20-12(2)21-10-13-7-8-13)14-5-3-4-6-15(14)16(17,18)19/h3-6,9,13H,7-8,10H2,1-2H3,(H,20,21)/b11-9+. The van der Waals surface area contributed by atoms with E-state index in [9.17, 15) is 13.2 Å². The van der Waals surface area contributed by atoms with E-state index in [1.807, 2.05) is 6.92 Å². The third-order valence-corrected chi connectivity index (χ3v) is 3.44. The van der Waals surface area contributed by atoms with Gasteiger partial charge in [0.1, 0.15) is 0 Å². The minimum atomic E-state index is -4.35. The van der Waals surface area contributed by atoms with Gasteiger partial charge in [0.05, 0.1) is 11.4 Å². The van der Waals surface area contributed by atoms with Gasteiger partial charge in [0, 0.05) is 12.7 Å². The van der Waals surface area contributed by atoms with Crippen molar-refractivity contribution in [3.63, 3.8) is 0 Å². The molecule has 21 heavy (non-hydrogen) atoms. The van der Waals surface area contributed by atoms with Crippen LogP contribution in [0.2, 0.25) is 0 Å². The van der Waals surface area contributed by atoms with Crippen molar-refractivity contribution in [2.45, 2.75) is 32.9 Å². The molecule has 0 unspecified atom stereocenters. The quantitative estimate of drug-likeness (QED) is 0.643. The first-order chi connectivity index (χ1) is 9.88. The van der Waals surface area contributed by atoms with Crippen LogP contribution >= 0.6 is 0 Å². The molecule has 1 aromatic rings. The van der Waals surface area contributed by atoms with Gasteiger partial charge in [0.2, 0.25) is 0 Å². The highest BCUT2D eigenvalue weighted by Crippen LogP contribution is 2.34. The molecule has 1 N–H and O–H groups in total. The van der Waals surface area contributed by atoms with Gasteiger partial charge in [0.15, 0.2) is 0 Å². The molecule has 114 valence electrons. The Bertz CT molecular complexity index is 555. The molecule has 1 fully saturated rings. The molecule has 1 aliphatic carbocycles. The summed E-state index contributed by atoms with van der Waals surface area (Å²) in [6.45, 7) is 4.28. The van der Waals surface area contributed by atoms with E-state index >= 15 is 0 Å². The summed E-state index contributed by atoms with van der Waals surface area (Å²) < 4.78 is 38.9. The fraction of sp³-hybridized carbons (Fsp3) is 0.438. The summed E-state index contributed by atoms with van der Waals surface area (Å²) in [7, 11) is 0. The Morgan fingerprint density at radius 3 is 2.57 bits per heavy atom. The predicted molar refractivity (Wildman–Crippen MR) is 78.9 cm³/mol. The number of nitrogens with zero attached hydrogens (tertiary/aromatic N) is 1. The molecule has 0 heterocycles. The van der Waals surface area contributed by atoms with Crippen LogP contribution in [0.3, 0.4) is 0 Å². The average molecular weight is 296 g/mol. The lowest BCUT2D eigenvalue weighted by molar-refractivity contribution is -0.137. The zero-order chi connectivity index (χ0) is 15.5. The van der Waals surface area contributed by atoms with Crippen molar-refractivity contribution in [2.75, 3.05) is 6.54 Å². The molecule has 0 radical (unpaired) electrons. The Morgan fingerprint density at radius 1 is 1.29 bits per heavy atom. The Labute approximate surface area is 122 Å². The molecule has 1 aromatic carbocycles. The summed E-state index contributed by atoms with van der Waals surface area (Å²) >= 11 is 0. The summed E-state index contributed by atoms with van der Waals surface area (Å²) in [6, 6.07) is 5.58. The van der Waals surface area contributed by atoms with Gasteiger partial charge in [-0.1, -0.05) is 18.2 Å². The van der Waals surface area contributed by atoms with E-state index in [4.69, 9.17) is 0 Å². The molecule has 0 bridgehead atoms. The van der Waals surface area contributed by atoms with Crippen molar-refractivity contribution in [3.8, 4) is 0 Å². The molecule has 5 heteroatoms. The fourth-order valence-corrected chi connectivity index (χ4v) is 1.98. The monoisotopic (exact) mass is 296 g/mol. The first-order valence-corrected chi connectivity index (χ1v) is 6.99. The maximum atomic E-state index is 13.0. The SMILES string of the molecule is CC(=NCC1CC1)N/C=C(\C)c1ccccc1C(F)(F)F. The lowest BCUT2D eigenvalue weighted by Gasteiger charge is -2.13. The van der Waals surface area contributed by atoms with Gasteiger partial charge in [-0.3, -0.25) is 4.99 Å². The highest BCUT2D eigenvalue weighted by atomic mass is 19.4. The van der Waals surface area contributed by atoms with E-state index in [0.29, 0.717) is 11.5 Å². The van der Waals surface area contributed by atoms with Crippen LogP contribution in [0.4, 0.5) is 13.2 Å².